The average molecular weight is 126 g/mol. The van der Waals surface area contributed by atoms with E-state index < -0.39 is 11.5 Å². The number of hydrogen-bond acceptors (Lipinski definition) is 3. The van der Waals surface area contributed by atoms with Gasteiger partial charge in [0.2, 0.25) is 11.5 Å². The largest absolute Gasteiger partial charge is 0.504 e. The lowest BCUT2D eigenvalue weighted by molar-refractivity contribution is -0.117. The fourth-order valence-corrected chi connectivity index (χ4v) is 0.596. The van der Waals surface area contributed by atoms with Crippen LogP contribution < -0.4 is 0 Å². The molecule has 1 aliphatic rings. The Labute approximate surface area is 51.9 Å². The lowest BCUT2D eigenvalue weighted by Crippen LogP contribution is -2.06. The summed E-state index contributed by atoms with van der Waals surface area (Å²) >= 11 is 0. The monoisotopic (exact) mass is 126 g/mol. The van der Waals surface area contributed by atoms with E-state index in [1.165, 1.54) is 12.2 Å². The molecule has 0 aliphatic heterocycles. The van der Waals surface area contributed by atoms with Gasteiger partial charge in [0.05, 0.1) is 0 Å². The highest BCUT2D eigenvalue weighted by Gasteiger charge is 2.13. The maximum Gasteiger partial charge on any atom is 0.204 e. The third kappa shape index (κ3) is 0.937. The van der Waals surface area contributed by atoms with E-state index in [-0.39, 0.29) is 12.2 Å². The molecule has 0 atom stereocenters. The zero-order valence-electron chi connectivity index (χ0n) is 4.66. The van der Waals surface area contributed by atoms with E-state index in [1.807, 2.05) is 0 Å². The van der Waals surface area contributed by atoms with Crippen LogP contribution >= 0.6 is 0 Å². The first-order valence-electron chi connectivity index (χ1n) is 2.54. The quantitative estimate of drug-likeness (QED) is 0.505. The van der Waals surface area contributed by atoms with Crippen LogP contribution in [-0.4, -0.2) is 16.0 Å². The highest BCUT2D eigenvalue weighted by molar-refractivity contribution is 5.95. The molecule has 0 bridgehead atoms. The van der Waals surface area contributed by atoms with E-state index >= 15 is 0 Å². The van der Waals surface area contributed by atoms with E-state index in [4.69, 9.17) is 10.2 Å². The van der Waals surface area contributed by atoms with Crippen LogP contribution in [0.5, 0.6) is 0 Å². The number of rotatable bonds is 0. The van der Waals surface area contributed by atoms with Crippen LogP contribution in [0.1, 0.15) is 6.42 Å². The summed E-state index contributed by atoms with van der Waals surface area (Å²) in [6, 6.07) is 0. The molecule has 3 heteroatoms. The summed E-state index contributed by atoms with van der Waals surface area (Å²) in [6.07, 6.45) is 2.98. The molecule has 9 heavy (non-hydrogen) atoms. The van der Waals surface area contributed by atoms with E-state index in [2.05, 4.69) is 0 Å². The van der Waals surface area contributed by atoms with Crippen molar-refractivity contribution >= 4 is 5.78 Å². The minimum absolute atomic E-state index is 0.176. The van der Waals surface area contributed by atoms with Crippen LogP contribution in [0.25, 0.3) is 0 Å². The molecule has 1 rings (SSSR count). The normalized spacial score (nSPS) is 18.9. The molecule has 0 spiro atoms. The molecular formula is C6H6O3. The molecule has 0 unspecified atom stereocenters. The first-order chi connectivity index (χ1) is 4.22. The number of aliphatic hydroxyl groups is 2. The van der Waals surface area contributed by atoms with Crippen molar-refractivity contribution in [1.82, 2.24) is 0 Å². The van der Waals surface area contributed by atoms with Crippen LogP contribution in [0.3, 0.4) is 0 Å². The predicted octanol–water partition coefficient (Wildman–Crippen LogP) is 0.843. The molecule has 3 nitrogen and oxygen atoms in total. The topological polar surface area (TPSA) is 57.5 Å². The van der Waals surface area contributed by atoms with Gasteiger partial charge in [0.1, 0.15) is 0 Å². The summed E-state index contributed by atoms with van der Waals surface area (Å²) in [5, 5.41) is 17.3. The fourth-order valence-electron chi connectivity index (χ4n) is 0.596. The van der Waals surface area contributed by atoms with Gasteiger partial charge in [-0.1, -0.05) is 6.08 Å². The maximum atomic E-state index is 10.5. The molecule has 0 aromatic carbocycles. The second kappa shape index (κ2) is 1.93. The van der Waals surface area contributed by atoms with Crippen LogP contribution in [0.4, 0.5) is 0 Å². The third-order valence-electron chi connectivity index (χ3n) is 1.09. The average Bonchev–Trinajstić information content (AvgIpc) is 1.83. The Morgan fingerprint density at radius 2 is 2.11 bits per heavy atom. The Balaban J connectivity index is 2.97. The molecule has 0 saturated heterocycles. The summed E-state index contributed by atoms with van der Waals surface area (Å²) in [4.78, 5) is 10.5. The summed E-state index contributed by atoms with van der Waals surface area (Å²) in [6.45, 7) is 0. The van der Waals surface area contributed by atoms with Crippen molar-refractivity contribution in [2.24, 2.45) is 0 Å². The van der Waals surface area contributed by atoms with Crippen LogP contribution in [-0.2, 0) is 4.79 Å². The van der Waals surface area contributed by atoms with Gasteiger partial charge in [0.15, 0.2) is 5.76 Å². The molecule has 1 aliphatic carbocycles. The third-order valence-corrected chi connectivity index (χ3v) is 1.09. The Morgan fingerprint density at radius 3 is 2.56 bits per heavy atom. The van der Waals surface area contributed by atoms with Crippen molar-refractivity contribution in [3.63, 3.8) is 0 Å². The molecule has 48 valence electrons. The van der Waals surface area contributed by atoms with E-state index in [9.17, 15) is 4.79 Å². The van der Waals surface area contributed by atoms with Crippen molar-refractivity contribution in [2.45, 2.75) is 6.42 Å². The number of ketones is 1. The number of hydrogen-bond donors (Lipinski definition) is 2. The summed E-state index contributed by atoms with van der Waals surface area (Å²) in [5.74, 6) is -1.31. The van der Waals surface area contributed by atoms with E-state index in [0.29, 0.717) is 0 Å². The van der Waals surface area contributed by atoms with Gasteiger partial charge in [-0.15, -0.1) is 0 Å². The van der Waals surface area contributed by atoms with Crippen LogP contribution in [0.15, 0.2) is 23.7 Å². The Hall–Kier alpha value is -1.25. The Morgan fingerprint density at radius 1 is 1.44 bits per heavy atom. The number of aliphatic hydroxyl groups excluding tert-OH is 2. The SMILES string of the molecule is O=C1CC=CC(O)=C1O. The molecule has 0 heterocycles. The van der Waals surface area contributed by atoms with Gasteiger partial charge in [-0.3, -0.25) is 4.79 Å². The smallest absolute Gasteiger partial charge is 0.204 e. The number of Topliss-reactive ketones (excluding diaryl/α,β-unsaturated/α-hetero) is 1. The van der Waals surface area contributed by atoms with E-state index in [1.54, 1.807) is 0 Å². The molecule has 0 radical (unpaired) electrons. The van der Waals surface area contributed by atoms with Gasteiger partial charge < -0.3 is 10.2 Å². The molecule has 0 saturated carbocycles. The first-order valence-corrected chi connectivity index (χ1v) is 2.54. The van der Waals surface area contributed by atoms with Crippen molar-refractivity contribution in [3.05, 3.63) is 23.7 Å². The predicted molar refractivity (Wildman–Crippen MR) is 31.0 cm³/mol. The zero-order valence-corrected chi connectivity index (χ0v) is 4.66. The van der Waals surface area contributed by atoms with Crippen molar-refractivity contribution in [1.29, 1.82) is 0 Å². The van der Waals surface area contributed by atoms with E-state index in [0.717, 1.165) is 0 Å². The highest BCUT2D eigenvalue weighted by Crippen LogP contribution is 2.09. The highest BCUT2D eigenvalue weighted by atomic mass is 16.3. The minimum Gasteiger partial charge on any atom is -0.504 e. The van der Waals surface area contributed by atoms with Gasteiger partial charge in [-0.2, -0.15) is 0 Å². The molecule has 0 amide bonds. The number of carbonyl (C=O) groups excluding carboxylic acids is 1. The van der Waals surface area contributed by atoms with Gasteiger partial charge in [-0.05, 0) is 6.08 Å². The van der Waals surface area contributed by atoms with Crippen molar-refractivity contribution in [3.8, 4) is 0 Å². The summed E-state index contributed by atoms with van der Waals surface area (Å²) in [7, 11) is 0. The Bertz CT molecular complexity index is 200. The standard InChI is InChI=1S/C6H6O3/c7-4-2-1-3-5(8)6(4)9/h1-2,7,9H,3H2. The lowest BCUT2D eigenvalue weighted by atomic mass is 10.1. The van der Waals surface area contributed by atoms with Crippen LogP contribution in [0, 0.1) is 0 Å². The summed E-state index contributed by atoms with van der Waals surface area (Å²) in [5.41, 5.74) is 0. The van der Waals surface area contributed by atoms with Gasteiger partial charge in [-0.25, -0.2) is 0 Å². The summed E-state index contributed by atoms with van der Waals surface area (Å²) < 4.78 is 0. The second-order valence-corrected chi connectivity index (χ2v) is 1.76. The fraction of sp³-hybridized carbons (Fsp3) is 0.167. The van der Waals surface area contributed by atoms with Crippen LogP contribution in [0.2, 0.25) is 0 Å². The molecular weight excluding hydrogens is 120 g/mol. The van der Waals surface area contributed by atoms with Crippen molar-refractivity contribution in [2.75, 3.05) is 0 Å². The molecule has 0 aromatic heterocycles. The second-order valence-electron chi connectivity index (χ2n) is 1.76. The minimum atomic E-state index is -0.530. The first kappa shape index (κ1) is 5.88. The van der Waals surface area contributed by atoms with Gasteiger partial charge >= 0.3 is 0 Å². The molecule has 0 aromatic rings. The maximum absolute atomic E-state index is 10.5. The zero-order chi connectivity index (χ0) is 6.85. The lowest BCUT2D eigenvalue weighted by Gasteiger charge is -2.02. The van der Waals surface area contributed by atoms with Gasteiger partial charge in [0.25, 0.3) is 0 Å². The van der Waals surface area contributed by atoms with Crippen molar-refractivity contribution < 1.29 is 15.0 Å². The van der Waals surface area contributed by atoms with Gasteiger partial charge in [0, 0.05) is 6.42 Å². The molecule has 0 fully saturated rings. The number of carbonyl (C=O) groups is 1. The Kier molecular flexibility index (Phi) is 1.26. The molecule has 2 N–H and O–H groups in total. The number of allylic oxidation sites excluding steroid dienone is 3.